The number of carboxylic acid groups (broad SMARTS) is 1. The highest BCUT2D eigenvalue weighted by atomic mass is 19.1. The summed E-state index contributed by atoms with van der Waals surface area (Å²) in [5, 5.41) is 29.7. The maximum Gasteiger partial charge on any atom is 0.335 e. The summed E-state index contributed by atoms with van der Waals surface area (Å²) in [4.78, 5) is 10.8. The number of nitrogens with one attached hydrogen (secondary N) is 1. The molecule has 0 fully saturated rings. The van der Waals surface area contributed by atoms with Gasteiger partial charge in [-0.05, 0) is 25.1 Å². The van der Waals surface area contributed by atoms with Gasteiger partial charge in [-0.15, -0.1) is 0 Å². The van der Waals surface area contributed by atoms with Crippen molar-refractivity contribution in [3.05, 3.63) is 35.1 Å². The van der Waals surface area contributed by atoms with Crippen LogP contribution in [0, 0.1) is 5.82 Å². The standard InChI is InChI=1S/C12H16FNO4/c1-12(6-15,7-16)14-5-9-4-8(11(17)18)2-3-10(9)13/h2-4,14-16H,5-7H2,1H3,(H,17,18). The van der Waals surface area contributed by atoms with Crippen molar-refractivity contribution in [3.8, 4) is 0 Å². The molecule has 4 N–H and O–H groups in total. The molecule has 0 heterocycles. The first-order chi connectivity index (χ1) is 8.41. The zero-order chi connectivity index (χ0) is 13.8. The third-order valence-electron chi connectivity index (χ3n) is 2.70. The van der Waals surface area contributed by atoms with Crippen LogP contribution in [0.4, 0.5) is 4.39 Å². The summed E-state index contributed by atoms with van der Waals surface area (Å²) in [5.41, 5.74) is -0.781. The average Bonchev–Trinajstić information content (AvgIpc) is 2.37. The van der Waals surface area contributed by atoms with E-state index >= 15 is 0 Å². The van der Waals surface area contributed by atoms with Gasteiger partial charge in [0.2, 0.25) is 0 Å². The summed E-state index contributed by atoms with van der Waals surface area (Å²) in [7, 11) is 0. The molecule has 100 valence electrons. The van der Waals surface area contributed by atoms with Crippen molar-refractivity contribution >= 4 is 5.97 Å². The first-order valence-corrected chi connectivity index (χ1v) is 5.40. The van der Waals surface area contributed by atoms with Crippen LogP contribution < -0.4 is 5.32 Å². The van der Waals surface area contributed by atoms with E-state index < -0.39 is 17.3 Å². The Labute approximate surface area is 104 Å². The molecule has 0 bridgehead atoms. The van der Waals surface area contributed by atoms with Gasteiger partial charge in [0, 0.05) is 12.1 Å². The first-order valence-electron chi connectivity index (χ1n) is 5.40. The van der Waals surface area contributed by atoms with Crippen molar-refractivity contribution in [1.29, 1.82) is 0 Å². The minimum atomic E-state index is -1.14. The summed E-state index contributed by atoms with van der Waals surface area (Å²) >= 11 is 0. The number of aliphatic hydroxyl groups is 2. The van der Waals surface area contributed by atoms with E-state index in [9.17, 15) is 9.18 Å². The summed E-state index contributed by atoms with van der Waals surface area (Å²) in [6.45, 7) is 0.962. The van der Waals surface area contributed by atoms with Crippen LogP contribution in [0.1, 0.15) is 22.8 Å². The maximum absolute atomic E-state index is 13.5. The molecule has 0 aliphatic rings. The average molecular weight is 257 g/mol. The predicted molar refractivity (Wildman–Crippen MR) is 62.8 cm³/mol. The smallest absolute Gasteiger partial charge is 0.335 e. The molecule has 0 unspecified atom stereocenters. The van der Waals surface area contributed by atoms with Gasteiger partial charge in [0.25, 0.3) is 0 Å². The molecule has 0 spiro atoms. The van der Waals surface area contributed by atoms with Gasteiger partial charge in [0.15, 0.2) is 0 Å². The highest BCUT2D eigenvalue weighted by Gasteiger charge is 2.22. The summed E-state index contributed by atoms with van der Waals surface area (Å²) in [5.74, 6) is -1.67. The minimum absolute atomic E-state index is 0.0112. The molecule has 0 aromatic heterocycles. The number of aromatic carboxylic acids is 1. The molecular weight excluding hydrogens is 241 g/mol. The topological polar surface area (TPSA) is 89.8 Å². The summed E-state index contributed by atoms with van der Waals surface area (Å²) < 4.78 is 13.5. The van der Waals surface area contributed by atoms with Crippen molar-refractivity contribution in [2.24, 2.45) is 0 Å². The minimum Gasteiger partial charge on any atom is -0.478 e. The molecule has 0 aliphatic heterocycles. The largest absolute Gasteiger partial charge is 0.478 e. The van der Waals surface area contributed by atoms with Gasteiger partial charge in [0.05, 0.1) is 24.3 Å². The number of hydrogen-bond acceptors (Lipinski definition) is 4. The summed E-state index contributed by atoms with van der Waals surface area (Å²) in [6.07, 6.45) is 0. The molecule has 1 aromatic carbocycles. The van der Waals surface area contributed by atoms with Crippen molar-refractivity contribution in [2.75, 3.05) is 13.2 Å². The lowest BCUT2D eigenvalue weighted by molar-refractivity contribution is 0.0696. The van der Waals surface area contributed by atoms with E-state index in [0.29, 0.717) is 0 Å². The van der Waals surface area contributed by atoms with Gasteiger partial charge < -0.3 is 20.6 Å². The van der Waals surface area contributed by atoms with E-state index in [-0.39, 0.29) is 30.9 Å². The molecule has 0 saturated carbocycles. The van der Waals surface area contributed by atoms with E-state index in [4.69, 9.17) is 15.3 Å². The fourth-order valence-electron chi connectivity index (χ4n) is 1.31. The Morgan fingerprint density at radius 2 is 2.00 bits per heavy atom. The fraction of sp³-hybridized carbons (Fsp3) is 0.417. The maximum atomic E-state index is 13.5. The van der Waals surface area contributed by atoms with E-state index in [0.717, 1.165) is 6.07 Å². The van der Waals surface area contributed by atoms with Crippen LogP contribution in [-0.2, 0) is 6.54 Å². The molecule has 18 heavy (non-hydrogen) atoms. The normalized spacial score (nSPS) is 11.6. The lowest BCUT2D eigenvalue weighted by Crippen LogP contribution is -2.48. The van der Waals surface area contributed by atoms with E-state index in [1.165, 1.54) is 12.1 Å². The number of aliphatic hydroxyl groups excluding tert-OH is 2. The Bertz CT molecular complexity index is 432. The predicted octanol–water partition coefficient (Wildman–Crippen LogP) is 0.357. The van der Waals surface area contributed by atoms with Gasteiger partial charge in [-0.3, -0.25) is 0 Å². The monoisotopic (exact) mass is 257 g/mol. The van der Waals surface area contributed by atoms with Gasteiger partial charge >= 0.3 is 5.97 Å². The van der Waals surface area contributed by atoms with Crippen LogP contribution in [0.25, 0.3) is 0 Å². The van der Waals surface area contributed by atoms with Crippen LogP contribution in [-0.4, -0.2) is 40.0 Å². The molecule has 0 aliphatic carbocycles. The third-order valence-corrected chi connectivity index (χ3v) is 2.70. The van der Waals surface area contributed by atoms with Crippen LogP contribution >= 0.6 is 0 Å². The zero-order valence-electron chi connectivity index (χ0n) is 9.98. The Balaban J connectivity index is 2.84. The number of carboxylic acids is 1. The van der Waals surface area contributed by atoms with E-state index in [1.807, 2.05) is 0 Å². The SMILES string of the molecule is CC(CO)(CO)NCc1cc(C(=O)O)ccc1F. The lowest BCUT2D eigenvalue weighted by atomic mass is 10.0. The van der Waals surface area contributed by atoms with Gasteiger partial charge in [-0.2, -0.15) is 0 Å². The molecule has 1 aromatic rings. The van der Waals surface area contributed by atoms with Gasteiger partial charge in [-0.25, -0.2) is 9.18 Å². The number of hydrogen-bond donors (Lipinski definition) is 4. The molecule has 0 saturated heterocycles. The molecule has 0 radical (unpaired) electrons. The van der Waals surface area contributed by atoms with Crippen LogP contribution in [0.3, 0.4) is 0 Å². The number of halogens is 1. The zero-order valence-corrected chi connectivity index (χ0v) is 9.98. The second-order valence-corrected chi connectivity index (χ2v) is 4.34. The molecular formula is C12H16FNO4. The van der Waals surface area contributed by atoms with Gasteiger partial charge in [-0.1, -0.05) is 0 Å². The second-order valence-electron chi connectivity index (χ2n) is 4.34. The van der Waals surface area contributed by atoms with Crippen molar-refractivity contribution in [3.63, 3.8) is 0 Å². The van der Waals surface area contributed by atoms with Crippen LogP contribution in [0.15, 0.2) is 18.2 Å². The third kappa shape index (κ3) is 3.49. The quantitative estimate of drug-likeness (QED) is 0.590. The van der Waals surface area contributed by atoms with Crippen molar-refractivity contribution < 1.29 is 24.5 Å². The Kier molecular flexibility index (Phi) is 4.77. The molecule has 0 atom stereocenters. The Hall–Kier alpha value is -1.50. The highest BCUT2D eigenvalue weighted by Crippen LogP contribution is 2.12. The van der Waals surface area contributed by atoms with Crippen molar-refractivity contribution in [1.82, 2.24) is 5.32 Å². The van der Waals surface area contributed by atoms with E-state index in [2.05, 4.69) is 5.32 Å². The molecule has 5 nitrogen and oxygen atoms in total. The first kappa shape index (κ1) is 14.6. The second kappa shape index (κ2) is 5.90. The molecule has 0 amide bonds. The number of rotatable bonds is 6. The number of benzene rings is 1. The van der Waals surface area contributed by atoms with Crippen molar-refractivity contribution in [2.45, 2.75) is 19.0 Å². The highest BCUT2D eigenvalue weighted by molar-refractivity contribution is 5.87. The Morgan fingerprint density at radius 3 is 2.50 bits per heavy atom. The fourth-order valence-corrected chi connectivity index (χ4v) is 1.31. The van der Waals surface area contributed by atoms with Gasteiger partial charge in [0.1, 0.15) is 5.82 Å². The molecule has 1 rings (SSSR count). The lowest BCUT2D eigenvalue weighted by Gasteiger charge is -2.26. The summed E-state index contributed by atoms with van der Waals surface area (Å²) in [6, 6.07) is 3.48. The van der Waals surface area contributed by atoms with E-state index in [1.54, 1.807) is 6.92 Å². The molecule has 6 heteroatoms. The van der Waals surface area contributed by atoms with Crippen LogP contribution in [0.2, 0.25) is 0 Å². The Morgan fingerprint density at radius 1 is 1.39 bits per heavy atom. The number of carbonyl (C=O) groups is 1. The van der Waals surface area contributed by atoms with Crippen LogP contribution in [0.5, 0.6) is 0 Å².